The van der Waals surface area contributed by atoms with E-state index in [9.17, 15) is 4.79 Å². The molecule has 19 heavy (non-hydrogen) atoms. The van der Waals surface area contributed by atoms with Gasteiger partial charge in [0.2, 0.25) is 0 Å². The van der Waals surface area contributed by atoms with Gasteiger partial charge in [0, 0.05) is 19.7 Å². The van der Waals surface area contributed by atoms with Crippen molar-refractivity contribution in [1.29, 1.82) is 0 Å². The molecule has 0 radical (unpaired) electrons. The maximum Gasteiger partial charge on any atom is 0.251 e. The standard InChI is InChI=1S/C15H28N2O2/c1-13(19-11-7-14-6-8-16-12-14)15(18)17-9-4-2-3-5-10-17/h13-14,16H,2-12H2,1H3. The van der Waals surface area contributed by atoms with Gasteiger partial charge in [0.25, 0.3) is 5.91 Å². The summed E-state index contributed by atoms with van der Waals surface area (Å²) in [4.78, 5) is 14.3. The van der Waals surface area contributed by atoms with Gasteiger partial charge >= 0.3 is 0 Å². The SMILES string of the molecule is CC(OCCC1CCNC1)C(=O)N1CCCCCC1. The molecule has 0 bridgehead atoms. The van der Waals surface area contributed by atoms with Crippen molar-refractivity contribution in [2.45, 2.75) is 51.6 Å². The van der Waals surface area contributed by atoms with Crippen LogP contribution in [0, 0.1) is 5.92 Å². The first-order valence-electron chi connectivity index (χ1n) is 7.88. The third-order valence-corrected chi connectivity index (χ3v) is 4.32. The average Bonchev–Trinajstić information content (AvgIpc) is 2.78. The van der Waals surface area contributed by atoms with Crippen molar-refractivity contribution < 1.29 is 9.53 Å². The molecule has 0 aromatic heterocycles. The van der Waals surface area contributed by atoms with Crippen LogP contribution in [0.3, 0.4) is 0 Å². The summed E-state index contributed by atoms with van der Waals surface area (Å²) in [5.41, 5.74) is 0. The second kappa shape index (κ2) is 7.85. The van der Waals surface area contributed by atoms with Crippen LogP contribution < -0.4 is 5.32 Å². The van der Waals surface area contributed by atoms with Gasteiger partial charge in [-0.2, -0.15) is 0 Å². The number of hydrogen-bond acceptors (Lipinski definition) is 3. The molecule has 4 nitrogen and oxygen atoms in total. The summed E-state index contributed by atoms with van der Waals surface area (Å²) in [7, 11) is 0. The van der Waals surface area contributed by atoms with Crippen LogP contribution in [0.15, 0.2) is 0 Å². The number of ether oxygens (including phenoxy) is 1. The minimum Gasteiger partial charge on any atom is -0.369 e. The molecule has 0 saturated carbocycles. The molecule has 0 aliphatic carbocycles. The Labute approximate surface area is 116 Å². The van der Waals surface area contributed by atoms with Gasteiger partial charge in [-0.1, -0.05) is 12.8 Å². The van der Waals surface area contributed by atoms with E-state index in [2.05, 4.69) is 5.32 Å². The minimum absolute atomic E-state index is 0.187. The number of carbonyl (C=O) groups is 1. The second-order valence-electron chi connectivity index (χ2n) is 5.90. The van der Waals surface area contributed by atoms with Crippen LogP contribution in [0.4, 0.5) is 0 Å². The van der Waals surface area contributed by atoms with Crippen LogP contribution in [0.5, 0.6) is 0 Å². The molecular formula is C15H28N2O2. The van der Waals surface area contributed by atoms with E-state index >= 15 is 0 Å². The molecule has 2 atom stereocenters. The molecule has 2 aliphatic rings. The predicted molar refractivity (Wildman–Crippen MR) is 76.1 cm³/mol. The van der Waals surface area contributed by atoms with Crippen LogP contribution in [-0.2, 0) is 9.53 Å². The Hall–Kier alpha value is -0.610. The number of nitrogens with one attached hydrogen (secondary N) is 1. The molecule has 0 aromatic carbocycles. The van der Waals surface area contributed by atoms with Crippen molar-refractivity contribution in [2.24, 2.45) is 5.92 Å². The van der Waals surface area contributed by atoms with E-state index < -0.39 is 0 Å². The van der Waals surface area contributed by atoms with E-state index in [0.29, 0.717) is 6.61 Å². The number of likely N-dealkylation sites (tertiary alicyclic amines) is 1. The zero-order chi connectivity index (χ0) is 13.5. The molecular weight excluding hydrogens is 240 g/mol. The van der Waals surface area contributed by atoms with Gasteiger partial charge in [-0.05, 0) is 51.6 Å². The lowest BCUT2D eigenvalue weighted by Gasteiger charge is -2.24. The first-order chi connectivity index (χ1) is 9.27. The first kappa shape index (κ1) is 14.8. The van der Waals surface area contributed by atoms with E-state index in [-0.39, 0.29) is 12.0 Å². The van der Waals surface area contributed by atoms with E-state index in [0.717, 1.165) is 51.4 Å². The number of hydrogen-bond donors (Lipinski definition) is 1. The van der Waals surface area contributed by atoms with Gasteiger partial charge in [-0.25, -0.2) is 0 Å². The molecule has 2 rings (SSSR count). The fraction of sp³-hybridized carbons (Fsp3) is 0.933. The number of carbonyl (C=O) groups excluding carboxylic acids is 1. The number of amides is 1. The Kier molecular flexibility index (Phi) is 6.11. The van der Waals surface area contributed by atoms with Crippen LogP contribution in [0.25, 0.3) is 0 Å². The van der Waals surface area contributed by atoms with Gasteiger partial charge in [0.15, 0.2) is 0 Å². The van der Waals surface area contributed by atoms with E-state index in [1.54, 1.807) is 0 Å². The minimum atomic E-state index is -0.271. The van der Waals surface area contributed by atoms with Crippen LogP contribution in [0.1, 0.15) is 45.4 Å². The molecule has 2 fully saturated rings. The number of nitrogens with zero attached hydrogens (tertiary/aromatic N) is 1. The summed E-state index contributed by atoms with van der Waals surface area (Å²) >= 11 is 0. The van der Waals surface area contributed by atoms with E-state index in [1.807, 2.05) is 11.8 Å². The monoisotopic (exact) mass is 268 g/mol. The largest absolute Gasteiger partial charge is 0.369 e. The van der Waals surface area contributed by atoms with Crippen molar-refractivity contribution in [3.05, 3.63) is 0 Å². The Bertz CT molecular complexity index is 269. The summed E-state index contributed by atoms with van der Waals surface area (Å²) < 4.78 is 5.74. The van der Waals surface area contributed by atoms with Crippen LogP contribution >= 0.6 is 0 Å². The maximum atomic E-state index is 12.3. The lowest BCUT2D eigenvalue weighted by Crippen LogP contribution is -2.39. The van der Waals surface area contributed by atoms with Crippen molar-refractivity contribution in [2.75, 3.05) is 32.8 Å². The Morgan fingerprint density at radius 2 is 2.05 bits per heavy atom. The van der Waals surface area contributed by atoms with Crippen molar-refractivity contribution in [1.82, 2.24) is 10.2 Å². The van der Waals surface area contributed by atoms with Crippen molar-refractivity contribution in [3.63, 3.8) is 0 Å². The van der Waals surface area contributed by atoms with E-state index in [1.165, 1.54) is 19.3 Å². The molecule has 1 amide bonds. The van der Waals surface area contributed by atoms with Gasteiger partial charge in [-0.3, -0.25) is 4.79 Å². The lowest BCUT2D eigenvalue weighted by molar-refractivity contribution is -0.142. The fourth-order valence-corrected chi connectivity index (χ4v) is 2.99. The van der Waals surface area contributed by atoms with Crippen molar-refractivity contribution >= 4 is 5.91 Å². The predicted octanol–water partition coefficient (Wildman–Crippen LogP) is 1.79. The summed E-state index contributed by atoms with van der Waals surface area (Å²) in [5, 5.41) is 3.36. The molecule has 1 N–H and O–H groups in total. The van der Waals surface area contributed by atoms with Crippen LogP contribution in [0.2, 0.25) is 0 Å². The Morgan fingerprint density at radius 3 is 2.68 bits per heavy atom. The van der Waals surface area contributed by atoms with Crippen LogP contribution in [-0.4, -0.2) is 49.7 Å². The zero-order valence-electron chi connectivity index (χ0n) is 12.2. The molecule has 4 heteroatoms. The third-order valence-electron chi connectivity index (χ3n) is 4.32. The summed E-state index contributed by atoms with van der Waals surface area (Å²) in [6.45, 7) is 6.69. The second-order valence-corrected chi connectivity index (χ2v) is 5.90. The highest BCUT2D eigenvalue weighted by Crippen LogP contribution is 2.14. The smallest absolute Gasteiger partial charge is 0.251 e. The maximum absolute atomic E-state index is 12.3. The molecule has 2 saturated heterocycles. The number of rotatable bonds is 5. The normalized spacial score (nSPS) is 26.2. The van der Waals surface area contributed by atoms with Crippen molar-refractivity contribution in [3.8, 4) is 0 Å². The zero-order valence-corrected chi connectivity index (χ0v) is 12.2. The van der Waals surface area contributed by atoms with Gasteiger partial charge in [-0.15, -0.1) is 0 Å². The first-order valence-corrected chi connectivity index (χ1v) is 7.88. The molecule has 2 unspecified atom stereocenters. The lowest BCUT2D eigenvalue weighted by atomic mass is 10.1. The average molecular weight is 268 g/mol. The summed E-state index contributed by atoms with van der Waals surface area (Å²) in [6.07, 6.45) is 6.86. The third kappa shape index (κ3) is 4.77. The molecule has 2 heterocycles. The van der Waals surface area contributed by atoms with Gasteiger partial charge < -0.3 is 15.0 Å². The quantitative estimate of drug-likeness (QED) is 0.826. The fourth-order valence-electron chi connectivity index (χ4n) is 2.99. The molecule has 0 aromatic rings. The summed E-state index contributed by atoms with van der Waals surface area (Å²) in [6, 6.07) is 0. The highest BCUT2D eigenvalue weighted by atomic mass is 16.5. The highest BCUT2D eigenvalue weighted by Gasteiger charge is 2.22. The topological polar surface area (TPSA) is 41.6 Å². The molecule has 110 valence electrons. The Morgan fingerprint density at radius 1 is 1.32 bits per heavy atom. The summed E-state index contributed by atoms with van der Waals surface area (Å²) in [5.74, 6) is 0.923. The highest BCUT2D eigenvalue weighted by molar-refractivity contribution is 5.80. The van der Waals surface area contributed by atoms with Gasteiger partial charge in [0.05, 0.1) is 0 Å². The van der Waals surface area contributed by atoms with Gasteiger partial charge in [0.1, 0.15) is 6.10 Å². The molecule has 2 aliphatic heterocycles. The molecule has 0 spiro atoms. The van der Waals surface area contributed by atoms with E-state index in [4.69, 9.17) is 4.74 Å². The Balaban J connectivity index is 1.65.